The lowest BCUT2D eigenvalue weighted by molar-refractivity contribution is -0.154. The highest BCUT2D eigenvalue weighted by Gasteiger charge is 2.74. The van der Waals surface area contributed by atoms with Crippen molar-refractivity contribution >= 4 is 17.8 Å². The molecular weight excluding hydrogens is 364 g/mol. The molecule has 3 rings (SSSR count). The van der Waals surface area contributed by atoms with Gasteiger partial charge in [0.25, 0.3) is 0 Å². The number of unbranched alkanes of at least 4 members (excludes halogenated alkanes) is 1. The van der Waals surface area contributed by atoms with Crippen LogP contribution in [0.1, 0.15) is 53.4 Å². The molecule has 2 N–H and O–H groups in total. The van der Waals surface area contributed by atoms with Crippen molar-refractivity contribution in [1.82, 2.24) is 10.2 Å². The normalized spacial score (nSPS) is 33.9. The molecule has 2 unspecified atom stereocenters. The van der Waals surface area contributed by atoms with Gasteiger partial charge in [-0.1, -0.05) is 0 Å². The van der Waals surface area contributed by atoms with Crippen LogP contribution in [0.3, 0.4) is 0 Å². The number of carbonyl (C=O) groups is 3. The first-order chi connectivity index (χ1) is 13.2. The molecule has 3 fully saturated rings. The Labute approximate surface area is 165 Å². The molecule has 2 bridgehead atoms. The molecule has 3 aliphatic rings. The van der Waals surface area contributed by atoms with Crippen molar-refractivity contribution in [2.75, 3.05) is 19.8 Å². The SMILES string of the molecule is CCOC(=O)[C@@H]1[C@@H]2CCC3(O2)C(C(=O)NC(C)(C)C)N(CCCCO)C(=O)[C@H]13. The van der Waals surface area contributed by atoms with E-state index in [4.69, 9.17) is 14.6 Å². The number of carbonyl (C=O) groups excluding carboxylic acids is 3. The molecule has 8 heteroatoms. The number of amides is 2. The Morgan fingerprint density at radius 3 is 2.68 bits per heavy atom. The highest BCUT2D eigenvalue weighted by molar-refractivity contribution is 5.98. The molecule has 0 aromatic heterocycles. The third-order valence-corrected chi connectivity index (χ3v) is 5.91. The summed E-state index contributed by atoms with van der Waals surface area (Å²) < 4.78 is 11.5. The Morgan fingerprint density at radius 1 is 1.36 bits per heavy atom. The molecule has 0 aromatic rings. The fourth-order valence-corrected chi connectivity index (χ4v) is 5.03. The molecule has 28 heavy (non-hydrogen) atoms. The maximum atomic E-state index is 13.4. The lowest BCUT2D eigenvalue weighted by Gasteiger charge is -2.35. The van der Waals surface area contributed by atoms with E-state index in [9.17, 15) is 14.4 Å². The van der Waals surface area contributed by atoms with E-state index in [-0.39, 0.29) is 31.1 Å². The molecule has 0 aliphatic carbocycles. The quantitative estimate of drug-likeness (QED) is 0.483. The van der Waals surface area contributed by atoms with Crippen LogP contribution in [-0.2, 0) is 23.9 Å². The van der Waals surface area contributed by atoms with E-state index in [2.05, 4.69) is 5.32 Å². The molecule has 1 spiro atoms. The van der Waals surface area contributed by atoms with Gasteiger partial charge in [-0.15, -0.1) is 0 Å². The van der Waals surface area contributed by atoms with E-state index in [1.807, 2.05) is 20.8 Å². The van der Waals surface area contributed by atoms with Crippen molar-refractivity contribution in [3.63, 3.8) is 0 Å². The Kier molecular flexibility index (Phi) is 5.74. The average Bonchev–Trinajstić information content (AvgIpc) is 3.21. The Balaban J connectivity index is 1.94. The summed E-state index contributed by atoms with van der Waals surface area (Å²) in [4.78, 5) is 40.7. The van der Waals surface area contributed by atoms with Crippen LogP contribution in [0.25, 0.3) is 0 Å². The number of hydrogen-bond donors (Lipinski definition) is 2. The van der Waals surface area contributed by atoms with Gasteiger partial charge >= 0.3 is 5.97 Å². The topological polar surface area (TPSA) is 105 Å². The van der Waals surface area contributed by atoms with Crippen LogP contribution >= 0.6 is 0 Å². The number of likely N-dealkylation sites (tertiary alicyclic amines) is 1. The highest BCUT2D eigenvalue weighted by atomic mass is 16.6. The van der Waals surface area contributed by atoms with Gasteiger partial charge in [-0.2, -0.15) is 0 Å². The number of rotatable bonds is 7. The standard InChI is InChI=1S/C20H32N2O6/c1-5-27-18(26)13-12-8-9-20(28-12)14(13)17(25)22(10-6-7-11-23)15(20)16(24)21-19(2,3)4/h12-15,23H,5-11H2,1-4H3,(H,21,24)/t12-,13+,14-,15?,20?/m0/s1. The van der Waals surface area contributed by atoms with E-state index in [1.54, 1.807) is 11.8 Å². The van der Waals surface area contributed by atoms with Gasteiger partial charge in [-0.05, 0) is 53.4 Å². The van der Waals surface area contributed by atoms with Crippen molar-refractivity contribution in [3.8, 4) is 0 Å². The molecule has 3 heterocycles. The minimum absolute atomic E-state index is 0.0273. The van der Waals surface area contributed by atoms with Crippen LogP contribution in [0.2, 0.25) is 0 Å². The zero-order valence-electron chi connectivity index (χ0n) is 17.2. The van der Waals surface area contributed by atoms with E-state index in [1.165, 1.54) is 0 Å². The number of ether oxygens (including phenoxy) is 2. The van der Waals surface area contributed by atoms with Gasteiger partial charge in [0, 0.05) is 18.7 Å². The zero-order chi connectivity index (χ0) is 20.7. The molecule has 0 saturated carbocycles. The molecular formula is C20H32N2O6. The van der Waals surface area contributed by atoms with Crippen molar-refractivity contribution < 1.29 is 29.0 Å². The zero-order valence-corrected chi connectivity index (χ0v) is 17.2. The molecule has 0 radical (unpaired) electrons. The summed E-state index contributed by atoms with van der Waals surface area (Å²) in [5.74, 6) is -2.23. The first kappa shape index (κ1) is 21.0. The van der Waals surface area contributed by atoms with Crippen LogP contribution in [0.5, 0.6) is 0 Å². The lowest BCUT2D eigenvalue weighted by Crippen LogP contribution is -2.58. The summed E-state index contributed by atoms with van der Waals surface area (Å²) in [5.41, 5.74) is -1.43. The Morgan fingerprint density at radius 2 is 2.07 bits per heavy atom. The Bertz CT molecular complexity index is 645. The molecule has 2 amide bonds. The minimum atomic E-state index is -0.978. The maximum absolute atomic E-state index is 13.4. The smallest absolute Gasteiger partial charge is 0.312 e. The summed E-state index contributed by atoms with van der Waals surface area (Å²) in [5, 5.41) is 12.1. The number of nitrogens with zero attached hydrogens (tertiary/aromatic N) is 1. The van der Waals surface area contributed by atoms with Crippen LogP contribution < -0.4 is 5.32 Å². The van der Waals surface area contributed by atoms with E-state index < -0.39 is 35.0 Å². The first-order valence-corrected chi connectivity index (χ1v) is 10.2. The molecule has 3 aliphatic heterocycles. The summed E-state index contributed by atoms with van der Waals surface area (Å²) in [6.07, 6.45) is 1.95. The van der Waals surface area contributed by atoms with Crippen molar-refractivity contribution in [2.24, 2.45) is 11.8 Å². The molecule has 5 atom stereocenters. The average molecular weight is 396 g/mol. The Hall–Kier alpha value is -1.67. The highest BCUT2D eigenvalue weighted by Crippen LogP contribution is 2.58. The van der Waals surface area contributed by atoms with Crippen molar-refractivity contribution in [1.29, 1.82) is 0 Å². The van der Waals surface area contributed by atoms with Gasteiger partial charge in [0.15, 0.2) is 0 Å². The maximum Gasteiger partial charge on any atom is 0.312 e. The summed E-state index contributed by atoms with van der Waals surface area (Å²) in [7, 11) is 0. The minimum Gasteiger partial charge on any atom is -0.466 e. The molecule has 8 nitrogen and oxygen atoms in total. The predicted octanol–water partition coefficient (Wildman–Crippen LogP) is 0.611. The van der Waals surface area contributed by atoms with E-state index in [0.717, 1.165) is 0 Å². The number of nitrogens with one attached hydrogen (secondary N) is 1. The van der Waals surface area contributed by atoms with Crippen LogP contribution in [0.15, 0.2) is 0 Å². The second-order valence-electron chi connectivity index (χ2n) is 9.01. The van der Waals surface area contributed by atoms with Crippen molar-refractivity contribution in [3.05, 3.63) is 0 Å². The third kappa shape index (κ3) is 3.41. The predicted molar refractivity (Wildman–Crippen MR) is 100 cm³/mol. The monoisotopic (exact) mass is 396 g/mol. The number of hydrogen-bond acceptors (Lipinski definition) is 6. The van der Waals surface area contributed by atoms with Crippen LogP contribution in [-0.4, -0.2) is 70.8 Å². The lowest BCUT2D eigenvalue weighted by atomic mass is 9.70. The first-order valence-electron chi connectivity index (χ1n) is 10.2. The fourth-order valence-electron chi connectivity index (χ4n) is 5.03. The number of esters is 1. The third-order valence-electron chi connectivity index (χ3n) is 5.91. The van der Waals surface area contributed by atoms with E-state index >= 15 is 0 Å². The molecule has 158 valence electrons. The number of fused-ring (bicyclic) bond motifs is 1. The summed E-state index contributed by atoms with van der Waals surface area (Å²) in [6.45, 7) is 8.02. The van der Waals surface area contributed by atoms with Gasteiger partial charge in [0.2, 0.25) is 11.8 Å². The second kappa shape index (κ2) is 7.63. The van der Waals surface area contributed by atoms with Crippen LogP contribution in [0, 0.1) is 11.8 Å². The second-order valence-corrected chi connectivity index (χ2v) is 9.01. The number of aliphatic hydroxyl groups is 1. The molecule has 0 aromatic carbocycles. The summed E-state index contributed by atoms with van der Waals surface area (Å²) >= 11 is 0. The number of aliphatic hydroxyl groups excluding tert-OH is 1. The van der Waals surface area contributed by atoms with Crippen molar-refractivity contribution in [2.45, 2.75) is 76.7 Å². The van der Waals surface area contributed by atoms with Gasteiger partial charge in [0.1, 0.15) is 11.6 Å². The van der Waals surface area contributed by atoms with Gasteiger partial charge in [-0.3, -0.25) is 14.4 Å². The van der Waals surface area contributed by atoms with E-state index in [0.29, 0.717) is 32.2 Å². The fraction of sp³-hybridized carbons (Fsp3) is 0.850. The summed E-state index contributed by atoms with van der Waals surface area (Å²) in [6, 6.07) is -0.771. The van der Waals surface area contributed by atoms with Gasteiger partial charge in [-0.25, -0.2) is 0 Å². The van der Waals surface area contributed by atoms with Gasteiger partial charge < -0.3 is 24.8 Å². The molecule has 3 saturated heterocycles. The largest absolute Gasteiger partial charge is 0.466 e. The van der Waals surface area contributed by atoms with Gasteiger partial charge in [0.05, 0.1) is 24.5 Å². The van der Waals surface area contributed by atoms with Crippen LogP contribution in [0.4, 0.5) is 0 Å².